The van der Waals surface area contributed by atoms with E-state index in [1.807, 2.05) is 41.5 Å². The van der Waals surface area contributed by atoms with Gasteiger partial charge in [0.15, 0.2) is 0 Å². The summed E-state index contributed by atoms with van der Waals surface area (Å²) in [6.45, 7) is 2.92. The predicted molar refractivity (Wildman–Crippen MR) is 104 cm³/mol. The zero-order chi connectivity index (χ0) is 18.4. The summed E-state index contributed by atoms with van der Waals surface area (Å²) in [5, 5.41) is 2.85. The van der Waals surface area contributed by atoms with Crippen molar-refractivity contribution in [3.63, 3.8) is 0 Å². The number of carbonyl (C=O) groups excluding carboxylic acids is 1. The number of benzene rings is 2. The summed E-state index contributed by atoms with van der Waals surface area (Å²) in [7, 11) is 0. The zero-order valence-electron chi connectivity index (χ0n) is 14.8. The van der Waals surface area contributed by atoms with Crippen molar-refractivity contribution < 1.29 is 13.9 Å². The van der Waals surface area contributed by atoms with E-state index in [-0.39, 0.29) is 11.7 Å². The molecule has 0 aromatic heterocycles. The Labute approximate surface area is 157 Å². The Morgan fingerprint density at radius 2 is 1.85 bits per heavy atom. The van der Waals surface area contributed by atoms with Gasteiger partial charge in [0, 0.05) is 31.0 Å². The van der Waals surface area contributed by atoms with Gasteiger partial charge in [0.25, 0.3) is 5.91 Å². The molecule has 1 fully saturated rings. The number of amides is 1. The van der Waals surface area contributed by atoms with E-state index in [4.69, 9.17) is 4.74 Å². The van der Waals surface area contributed by atoms with Crippen molar-refractivity contribution >= 4 is 23.4 Å². The number of ether oxygens (including phenoxy) is 1. The molecule has 6 heteroatoms. The smallest absolute Gasteiger partial charge is 0.251 e. The molecule has 1 aliphatic rings. The molecule has 3 rings (SSSR count). The second kappa shape index (κ2) is 9.05. The first kappa shape index (κ1) is 18.7. The number of anilines is 1. The first-order chi connectivity index (χ1) is 12.7. The van der Waals surface area contributed by atoms with Crippen molar-refractivity contribution in [1.29, 1.82) is 0 Å². The van der Waals surface area contributed by atoms with Gasteiger partial charge in [-0.2, -0.15) is 11.8 Å². The maximum Gasteiger partial charge on any atom is 0.251 e. The molecule has 0 atom stereocenters. The van der Waals surface area contributed by atoms with Gasteiger partial charge in [0.2, 0.25) is 0 Å². The van der Waals surface area contributed by atoms with E-state index in [9.17, 15) is 9.18 Å². The first-order valence-electron chi connectivity index (χ1n) is 8.64. The number of rotatable bonds is 6. The monoisotopic (exact) mass is 374 g/mol. The molecule has 0 aliphatic carbocycles. The Morgan fingerprint density at radius 1 is 1.15 bits per heavy atom. The van der Waals surface area contributed by atoms with E-state index in [0.717, 1.165) is 11.3 Å². The molecule has 0 bridgehead atoms. The summed E-state index contributed by atoms with van der Waals surface area (Å²) >= 11 is 1.74. The van der Waals surface area contributed by atoms with Gasteiger partial charge in [-0.05, 0) is 41.6 Å². The Hall–Kier alpha value is -2.05. The Morgan fingerprint density at radius 3 is 2.50 bits per heavy atom. The molecular formula is C20H23FN2O2S. The number of carbonyl (C=O) groups is 1. The highest BCUT2D eigenvalue weighted by atomic mass is 32.2. The first-order valence-corrected chi connectivity index (χ1v) is 10.0. The van der Waals surface area contributed by atoms with Crippen LogP contribution in [0.5, 0.6) is 0 Å². The van der Waals surface area contributed by atoms with Gasteiger partial charge in [0.1, 0.15) is 5.82 Å². The lowest BCUT2D eigenvalue weighted by Crippen LogP contribution is -2.36. The quantitative estimate of drug-likeness (QED) is 0.841. The van der Waals surface area contributed by atoms with Crippen molar-refractivity contribution in [2.75, 3.05) is 37.5 Å². The fraction of sp³-hybridized carbons (Fsp3) is 0.350. The van der Waals surface area contributed by atoms with Crippen LogP contribution >= 0.6 is 11.8 Å². The molecule has 2 aromatic rings. The van der Waals surface area contributed by atoms with Gasteiger partial charge in [-0.15, -0.1) is 0 Å². The predicted octanol–water partition coefficient (Wildman–Crippen LogP) is 3.46. The molecule has 2 aromatic carbocycles. The molecular weight excluding hydrogens is 351 g/mol. The van der Waals surface area contributed by atoms with Crippen molar-refractivity contribution in [3.05, 3.63) is 65.0 Å². The average Bonchev–Trinajstić information content (AvgIpc) is 2.68. The van der Waals surface area contributed by atoms with Gasteiger partial charge in [-0.25, -0.2) is 4.39 Å². The summed E-state index contributed by atoms with van der Waals surface area (Å²) in [5.74, 6) is 0.509. The maximum atomic E-state index is 14.4. The normalized spacial score (nSPS) is 14.3. The molecule has 1 saturated heterocycles. The van der Waals surface area contributed by atoms with Crippen LogP contribution in [-0.2, 0) is 17.0 Å². The molecule has 0 spiro atoms. The van der Waals surface area contributed by atoms with E-state index in [1.165, 1.54) is 11.6 Å². The largest absolute Gasteiger partial charge is 0.378 e. The molecule has 0 unspecified atom stereocenters. The van der Waals surface area contributed by atoms with Gasteiger partial charge in [-0.1, -0.05) is 18.2 Å². The van der Waals surface area contributed by atoms with E-state index in [1.54, 1.807) is 17.8 Å². The fourth-order valence-electron chi connectivity index (χ4n) is 2.92. The fourth-order valence-corrected chi connectivity index (χ4v) is 3.45. The second-order valence-electron chi connectivity index (χ2n) is 6.20. The highest BCUT2D eigenvalue weighted by molar-refractivity contribution is 7.97. The summed E-state index contributed by atoms with van der Waals surface area (Å²) < 4.78 is 19.7. The minimum absolute atomic E-state index is 0.154. The van der Waals surface area contributed by atoms with Crippen LogP contribution in [0.25, 0.3) is 0 Å². The zero-order valence-corrected chi connectivity index (χ0v) is 15.7. The second-order valence-corrected chi connectivity index (χ2v) is 7.06. The van der Waals surface area contributed by atoms with Crippen LogP contribution in [0.2, 0.25) is 0 Å². The highest BCUT2D eigenvalue weighted by Gasteiger charge is 2.15. The summed E-state index contributed by atoms with van der Waals surface area (Å²) in [6, 6.07) is 12.7. The number of hydrogen-bond acceptors (Lipinski definition) is 4. The molecule has 0 radical (unpaired) electrons. The third-order valence-corrected chi connectivity index (χ3v) is 4.97. The van der Waals surface area contributed by atoms with Gasteiger partial charge >= 0.3 is 0 Å². The van der Waals surface area contributed by atoms with E-state index >= 15 is 0 Å². The Balaban J connectivity index is 1.58. The van der Waals surface area contributed by atoms with Crippen LogP contribution in [0.15, 0.2) is 42.5 Å². The molecule has 1 heterocycles. The molecule has 4 nitrogen and oxygen atoms in total. The Bertz CT molecular complexity index is 746. The molecule has 138 valence electrons. The molecule has 1 N–H and O–H groups in total. The van der Waals surface area contributed by atoms with E-state index < -0.39 is 0 Å². The molecule has 0 saturated carbocycles. The van der Waals surface area contributed by atoms with Crippen molar-refractivity contribution in [1.82, 2.24) is 5.32 Å². The number of halogens is 1. The minimum Gasteiger partial charge on any atom is -0.378 e. The minimum atomic E-state index is -0.264. The van der Waals surface area contributed by atoms with Crippen LogP contribution in [0.4, 0.5) is 10.1 Å². The third-order valence-electron chi connectivity index (χ3n) is 4.34. The lowest BCUT2D eigenvalue weighted by Gasteiger charge is -2.29. The van der Waals surface area contributed by atoms with Crippen LogP contribution < -0.4 is 10.2 Å². The van der Waals surface area contributed by atoms with E-state index in [2.05, 4.69) is 5.32 Å². The van der Waals surface area contributed by atoms with Crippen LogP contribution in [-0.4, -0.2) is 38.5 Å². The SMILES string of the molecule is CSCc1ccc(C(=O)NCc2ccc(N3CCOCC3)c(F)c2)cc1. The number of thioether (sulfide) groups is 1. The summed E-state index contributed by atoms with van der Waals surface area (Å²) in [5.41, 5.74) is 3.13. The summed E-state index contributed by atoms with van der Waals surface area (Å²) in [4.78, 5) is 14.2. The topological polar surface area (TPSA) is 41.6 Å². The number of nitrogens with zero attached hydrogens (tertiary/aromatic N) is 1. The number of morpholine rings is 1. The summed E-state index contributed by atoms with van der Waals surface area (Å²) in [6.07, 6.45) is 2.05. The van der Waals surface area contributed by atoms with Gasteiger partial charge in [-0.3, -0.25) is 4.79 Å². The Kier molecular flexibility index (Phi) is 6.52. The molecule has 26 heavy (non-hydrogen) atoms. The van der Waals surface area contributed by atoms with Crippen molar-refractivity contribution in [2.45, 2.75) is 12.3 Å². The lowest BCUT2D eigenvalue weighted by atomic mass is 10.1. The lowest BCUT2D eigenvalue weighted by molar-refractivity contribution is 0.0951. The van der Waals surface area contributed by atoms with Gasteiger partial charge in [0.05, 0.1) is 18.9 Å². The maximum absolute atomic E-state index is 14.4. The third kappa shape index (κ3) is 4.77. The number of hydrogen-bond donors (Lipinski definition) is 1. The number of nitrogens with one attached hydrogen (secondary N) is 1. The van der Waals surface area contributed by atoms with E-state index in [0.29, 0.717) is 44.1 Å². The van der Waals surface area contributed by atoms with Crippen molar-refractivity contribution in [2.24, 2.45) is 0 Å². The average molecular weight is 374 g/mol. The van der Waals surface area contributed by atoms with Gasteiger partial charge < -0.3 is 15.0 Å². The molecule has 1 aliphatic heterocycles. The standard InChI is InChI=1S/C20H23FN2O2S/c1-26-14-15-2-5-17(6-3-15)20(24)22-13-16-4-7-19(18(21)12-16)23-8-10-25-11-9-23/h2-7,12H,8-11,13-14H2,1H3,(H,22,24). The van der Waals surface area contributed by atoms with Crippen molar-refractivity contribution in [3.8, 4) is 0 Å². The van der Waals surface area contributed by atoms with Crippen LogP contribution in [0.3, 0.4) is 0 Å². The molecule has 1 amide bonds. The van der Waals surface area contributed by atoms with Crippen LogP contribution in [0.1, 0.15) is 21.5 Å². The highest BCUT2D eigenvalue weighted by Crippen LogP contribution is 2.21. The van der Waals surface area contributed by atoms with Crippen LogP contribution in [0, 0.1) is 5.82 Å².